The third-order valence-electron chi connectivity index (χ3n) is 3.80. The number of primary sulfonamides is 1. The van der Waals surface area contributed by atoms with Crippen LogP contribution in [0.2, 0.25) is 0 Å². The van der Waals surface area contributed by atoms with Gasteiger partial charge in [0.15, 0.2) is 11.5 Å². The number of ether oxygens (including phenoxy) is 2. The zero-order chi connectivity index (χ0) is 18.0. The van der Waals surface area contributed by atoms with Crippen molar-refractivity contribution in [1.82, 2.24) is 0 Å². The summed E-state index contributed by atoms with van der Waals surface area (Å²) in [5, 5.41) is 7.15. The predicted octanol–water partition coefficient (Wildman–Crippen LogP) is 3.75. The van der Waals surface area contributed by atoms with Crippen LogP contribution in [-0.2, 0) is 10.0 Å². The summed E-state index contributed by atoms with van der Waals surface area (Å²) in [6, 6.07) is 14.3. The van der Waals surface area contributed by atoms with Crippen LogP contribution in [0, 0.1) is 0 Å². The number of methoxy groups -OCH3 is 2. The Morgan fingerprint density at radius 3 is 2.12 bits per heavy atom. The molecule has 3 aromatic rings. The van der Waals surface area contributed by atoms with Crippen LogP contribution < -0.4 is 14.6 Å². The summed E-state index contributed by atoms with van der Waals surface area (Å²) in [6.45, 7) is 0. The lowest BCUT2D eigenvalue weighted by atomic mass is 10.0. The second-order valence-corrected chi connectivity index (χ2v) is 7.78. The van der Waals surface area contributed by atoms with Crippen molar-refractivity contribution in [3.8, 4) is 33.1 Å². The van der Waals surface area contributed by atoms with Gasteiger partial charge in [0.05, 0.1) is 19.1 Å². The maximum absolute atomic E-state index is 11.4. The van der Waals surface area contributed by atoms with Gasteiger partial charge in [0.1, 0.15) is 0 Å². The first-order valence-electron chi connectivity index (χ1n) is 7.37. The SMILES string of the molecule is COc1ccc(-c2ccsc2-c2ccc(S(N)(=O)=O)cc2)cc1OC. The molecule has 25 heavy (non-hydrogen) atoms. The molecule has 1 aromatic heterocycles. The van der Waals surface area contributed by atoms with Crippen LogP contribution in [0.5, 0.6) is 11.5 Å². The molecule has 0 aliphatic rings. The van der Waals surface area contributed by atoms with Gasteiger partial charge < -0.3 is 9.47 Å². The number of nitrogens with two attached hydrogens (primary N) is 1. The molecule has 1 heterocycles. The average molecular weight is 375 g/mol. The highest BCUT2D eigenvalue weighted by Crippen LogP contribution is 2.40. The standard InChI is InChI=1S/C18H17NO4S2/c1-22-16-8-5-13(11-17(16)23-2)15-9-10-24-18(15)12-3-6-14(7-4-12)25(19,20)21/h3-11H,1-2H3,(H2,19,20,21). The Hall–Kier alpha value is -2.35. The smallest absolute Gasteiger partial charge is 0.238 e. The van der Waals surface area contributed by atoms with Crippen LogP contribution in [-0.4, -0.2) is 22.6 Å². The Bertz CT molecular complexity index is 992. The van der Waals surface area contributed by atoms with Gasteiger partial charge in [-0.05, 0) is 46.8 Å². The van der Waals surface area contributed by atoms with Crippen LogP contribution in [0.3, 0.4) is 0 Å². The molecule has 0 aliphatic carbocycles. The summed E-state index contributed by atoms with van der Waals surface area (Å²) < 4.78 is 33.5. The van der Waals surface area contributed by atoms with Crippen LogP contribution in [0.15, 0.2) is 58.8 Å². The van der Waals surface area contributed by atoms with E-state index in [1.165, 1.54) is 12.1 Å². The Labute approximate surface area is 150 Å². The Kier molecular flexibility index (Phi) is 4.80. The second-order valence-electron chi connectivity index (χ2n) is 5.30. The van der Waals surface area contributed by atoms with Gasteiger partial charge in [0.25, 0.3) is 0 Å². The van der Waals surface area contributed by atoms with E-state index >= 15 is 0 Å². The number of hydrogen-bond acceptors (Lipinski definition) is 5. The molecule has 0 saturated heterocycles. The maximum atomic E-state index is 11.4. The largest absolute Gasteiger partial charge is 0.493 e. The Morgan fingerprint density at radius 1 is 0.880 bits per heavy atom. The van der Waals surface area contributed by atoms with Crippen molar-refractivity contribution in [2.24, 2.45) is 5.14 Å². The van der Waals surface area contributed by atoms with Crippen molar-refractivity contribution in [3.05, 3.63) is 53.9 Å². The highest BCUT2D eigenvalue weighted by atomic mass is 32.2. The fraction of sp³-hybridized carbons (Fsp3) is 0.111. The van der Waals surface area contributed by atoms with E-state index in [2.05, 4.69) is 0 Å². The quantitative estimate of drug-likeness (QED) is 0.737. The van der Waals surface area contributed by atoms with Crippen molar-refractivity contribution in [1.29, 1.82) is 0 Å². The van der Waals surface area contributed by atoms with E-state index in [1.807, 2.05) is 29.6 Å². The van der Waals surface area contributed by atoms with E-state index in [4.69, 9.17) is 14.6 Å². The van der Waals surface area contributed by atoms with Crippen molar-refractivity contribution < 1.29 is 17.9 Å². The minimum Gasteiger partial charge on any atom is -0.493 e. The third-order valence-corrected chi connectivity index (χ3v) is 5.70. The number of sulfonamides is 1. The maximum Gasteiger partial charge on any atom is 0.238 e. The highest BCUT2D eigenvalue weighted by Gasteiger charge is 2.13. The first-order valence-corrected chi connectivity index (χ1v) is 9.80. The van der Waals surface area contributed by atoms with Gasteiger partial charge in [-0.1, -0.05) is 18.2 Å². The molecule has 0 aliphatic heterocycles. The van der Waals surface area contributed by atoms with Gasteiger partial charge in [-0.3, -0.25) is 0 Å². The molecule has 7 heteroatoms. The van der Waals surface area contributed by atoms with Crippen molar-refractivity contribution in [2.45, 2.75) is 4.90 Å². The summed E-state index contributed by atoms with van der Waals surface area (Å²) in [6.07, 6.45) is 0. The molecule has 130 valence electrons. The van der Waals surface area contributed by atoms with E-state index in [0.29, 0.717) is 11.5 Å². The number of benzene rings is 2. The molecular weight excluding hydrogens is 358 g/mol. The molecule has 0 radical (unpaired) electrons. The van der Waals surface area contributed by atoms with Crippen LogP contribution in [0.1, 0.15) is 0 Å². The highest BCUT2D eigenvalue weighted by molar-refractivity contribution is 7.89. The molecule has 0 atom stereocenters. The molecule has 0 fully saturated rings. The molecule has 0 amide bonds. The minimum absolute atomic E-state index is 0.0977. The molecule has 2 N–H and O–H groups in total. The molecule has 0 bridgehead atoms. The van der Waals surface area contributed by atoms with E-state index < -0.39 is 10.0 Å². The first-order chi connectivity index (χ1) is 11.9. The van der Waals surface area contributed by atoms with E-state index in [0.717, 1.165) is 21.6 Å². The minimum atomic E-state index is -3.69. The van der Waals surface area contributed by atoms with E-state index in [9.17, 15) is 8.42 Å². The van der Waals surface area contributed by atoms with Gasteiger partial charge in [0, 0.05) is 10.4 Å². The van der Waals surface area contributed by atoms with E-state index in [-0.39, 0.29) is 4.90 Å². The van der Waals surface area contributed by atoms with Crippen molar-refractivity contribution >= 4 is 21.4 Å². The normalized spacial score (nSPS) is 11.3. The van der Waals surface area contributed by atoms with Crippen molar-refractivity contribution in [3.63, 3.8) is 0 Å². The lowest BCUT2D eigenvalue weighted by Gasteiger charge is -2.10. The van der Waals surface area contributed by atoms with E-state index in [1.54, 1.807) is 37.7 Å². The van der Waals surface area contributed by atoms with Gasteiger partial charge >= 0.3 is 0 Å². The monoisotopic (exact) mass is 375 g/mol. The fourth-order valence-corrected chi connectivity index (χ4v) is 4.00. The zero-order valence-electron chi connectivity index (χ0n) is 13.7. The molecule has 0 unspecified atom stereocenters. The van der Waals surface area contributed by atoms with Gasteiger partial charge in [0.2, 0.25) is 10.0 Å². The predicted molar refractivity (Wildman–Crippen MR) is 99.7 cm³/mol. The summed E-state index contributed by atoms with van der Waals surface area (Å²) in [5.74, 6) is 1.32. The molecular formula is C18H17NO4S2. The lowest BCUT2D eigenvalue weighted by molar-refractivity contribution is 0.355. The first kappa shape index (κ1) is 17.5. The topological polar surface area (TPSA) is 78.6 Å². The summed E-state index contributed by atoms with van der Waals surface area (Å²) in [4.78, 5) is 1.13. The van der Waals surface area contributed by atoms with Gasteiger partial charge in [-0.15, -0.1) is 11.3 Å². The molecule has 0 saturated carbocycles. The van der Waals surface area contributed by atoms with Crippen LogP contribution in [0.4, 0.5) is 0 Å². The Balaban J connectivity index is 2.04. The summed E-state index contributed by atoms with van der Waals surface area (Å²) >= 11 is 1.58. The average Bonchev–Trinajstić information content (AvgIpc) is 3.10. The zero-order valence-corrected chi connectivity index (χ0v) is 15.4. The van der Waals surface area contributed by atoms with Crippen LogP contribution in [0.25, 0.3) is 21.6 Å². The molecule has 3 rings (SSSR count). The van der Waals surface area contributed by atoms with Crippen LogP contribution >= 0.6 is 11.3 Å². The molecule has 5 nitrogen and oxygen atoms in total. The lowest BCUT2D eigenvalue weighted by Crippen LogP contribution is -2.11. The Morgan fingerprint density at radius 2 is 1.52 bits per heavy atom. The second kappa shape index (κ2) is 6.87. The van der Waals surface area contributed by atoms with Gasteiger partial charge in [-0.25, -0.2) is 13.6 Å². The molecule has 0 spiro atoms. The van der Waals surface area contributed by atoms with Gasteiger partial charge in [-0.2, -0.15) is 0 Å². The van der Waals surface area contributed by atoms with Crippen molar-refractivity contribution in [2.75, 3.05) is 14.2 Å². The number of hydrogen-bond donors (Lipinski definition) is 1. The summed E-state index contributed by atoms with van der Waals surface area (Å²) in [7, 11) is -0.497. The number of rotatable bonds is 5. The number of thiophene rings is 1. The summed E-state index contributed by atoms with van der Waals surface area (Å²) in [5.41, 5.74) is 2.95. The third kappa shape index (κ3) is 3.53. The fourth-order valence-electron chi connectivity index (χ4n) is 2.56. The molecule has 2 aromatic carbocycles.